The van der Waals surface area contributed by atoms with Crippen molar-refractivity contribution in [3.05, 3.63) is 64.4 Å². The van der Waals surface area contributed by atoms with Gasteiger partial charge >= 0.3 is 0 Å². The highest BCUT2D eigenvalue weighted by Gasteiger charge is 2.26. The number of methoxy groups -OCH3 is 1. The van der Waals surface area contributed by atoms with Crippen molar-refractivity contribution in [1.29, 1.82) is 0 Å². The summed E-state index contributed by atoms with van der Waals surface area (Å²) in [7, 11) is -2.02. The Labute approximate surface area is 199 Å². The Morgan fingerprint density at radius 3 is 2.38 bits per heavy atom. The number of carbonyl (C=O) groups excluding carboxylic acids is 1. The normalized spacial score (nSPS) is 15.7. The molecule has 1 unspecified atom stereocenters. The van der Waals surface area contributed by atoms with Crippen LogP contribution in [0.15, 0.2) is 58.2 Å². The van der Waals surface area contributed by atoms with E-state index < -0.39 is 22.0 Å². The first kappa shape index (κ1) is 24.0. The van der Waals surface area contributed by atoms with Gasteiger partial charge in [-0.05, 0) is 62.6 Å². The van der Waals surface area contributed by atoms with Crippen LogP contribution in [0.2, 0.25) is 0 Å². The number of nitrogens with one attached hydrogen (secondary N) is 1. The highest BCUT2D eigenvalue weighted by atomic mass is 32.2. The van der Waals surface area contributed by atoms with E-state index in [-0.39, 0.29) is 10.5 Å². The van der Waals surface area contributed by atoms with Crippen LogP contribution in [0, 0.1) is 6.92 Å². The zero-order chi connectivity index (χ0) is 24.5. The average Bonchev–Trinajstić information content (AvgIpc) is 2.84. The molecule has 2 aromatic carbocycles. The Balaban J connectivity index is 1.59. The minimum absolute atomic E-state index is 0.200. The summed E-state index contributed by atoms with van der Waals surface area (Å²) in [5, 5.41) is 3.62. The third-order valence-electron chi connectivity index (χ3n) is 6.30. The second-order valence-corrected chi connectivity index (χ2v) is 10.5. The Morgan fingerprint density at radius 2 is 1.74 bits per heavy atom. The minimum Gasteiger partial charge on any atom is -0.495 e. The fourth-order valence-electron chi connectivity index (χ4n) is 4.41. The number of benzene rings is 2. The predicted octanol–water partition coefficient (Wildman–Crippen LogP) is 3.69. The van der Waals surface area contributed by atoms with Crippen LogP contribution in [0.3, 0.4) is 0 Å². The van der Waals surface area contributed by atoms with E-state index in [1.54, 1.807) is 25.1 Å². The number of rotatable bonds is 6. The Bertz CT molecular complexity index is 1370. The number of anilines is 1. The lowest BCUT2D eigenvalue weighted by Gasteiger charge is -2.26. The summed E-state index contributed by atoms with van der Waals surface area (Å²) >= 11 is 0. The molecule has 1 aliphatic heterocycles. The van der Waals surface area contributed by atoms with Gasteiger partial charge in [0.2, 0.25) is 15.9 Å². The molecule has 180 valence electrons. The molecule has 0 aliphatic carbocycles. The van der Waals surface area contributed by atoms with Gasteiger partial charge in [0.25, 0.3) is 5.56 Å². The summed E-state index contributed by atoms with van der Waals surface area (Å²) < 4.78 is 34.1. The standard InChI is InChI=1S/C25H29N3O5S/c1-17-16-23(29)28(24-21(17)8-7-9-22(24)33-3)18(2)25(30)26-19-10-12-20(13-11-19)34(31,32)27-14-5-4-6-15-27/h7-13,16,18H,4-6,14-15H2,1-3H3,(H,26,30). The number of para-hydroxylation sites is 1. The molecule has 1 aromatic heterocycles. The van der Waals surface area contributed by atoms with Crippen molar-refractivity contribution in [2.45, 2.75) is 44.0 Å². The number of fused-ring (bicyclic) bond motifs is 1. The molecule has 2 heterocycles. The Kier molecular flexibility index (Phi) is 6.77. The maximum Gasteiger partial charge on any atom is 0.252 e. The lowest BCUT2D eigenvalue weighted by atomic mass is 10.1. The van der Waals surface area contributed by atoms with Crippen molar-refractivity contribution < 1.29 is 17.9 Å². The van der Waals surface area contributed by atoms with Crippen LogP contribution >= 0.6 is 0 Å². The highest BCUT2D eigenvalue weighted by molar-refractivity contribution is 7.89. The van der Waals surface area contributed by atoms with Gasteiger partial charge in [0.15, 0.2) is 0 Å². The molecule has 1 amide bonds. The first-order valence-corrected chi connectivity index (χ1v) is 12.8. The molecule has 1 atom stereocenters. The zero-order valence-corrected chi connectivity index (χ0v) is 20.4. The van der Waals surface area contributed by atoms with E-state index in [9.17, 15) is 18.0 Å². The van der Waals surface area contributed by atoms with E-state index in [2.05, 4.69) is 5.32 Å². The number of pyridine rings is 1. The molecule has 4 rings (SSSR count). The van der Waals surface area contributed by atoms with Crippen molar-refractivity contribution >= 4 is 32.5 Å². The van der Waals surface area contributed by atoms with Crippen molar-refractivity contribution in [1.82, 2.24) is 8.87 Å². The number of piperidine rings is 1. The van der Waals surface area contributed by atoms with E-state index in [0.29, 0.717) is 30.0 Å². The number of amides is 1. The summed E-state index contributed by atoms with van der Waals surface area (Å²) in [4.78, 5) is 26.2. The van der Waals surface area contributed by atoms with Crippen LogP contribution < -0.4 is 15.6 Å². The third kappa shape index (κ3) is 4.45. The number of carbonyl (C=O) groups is 1. The van der Waals surface area contributed by atoms with Crippen molar-refractivity contribution in [2.24, 2.45) is 0 Å². The van der Waals surface area contributed by atoms with E-state index >= 15 is 0 Å². The topological polar surface area (TPSA) is 97.7 Å². The number of aryl methyl sites for hydroxylation is 1. The number of ether oxygens (including phenoxy) is 1. The fraction of sp³-hybridized carbons (Fsp3) is 0.360. The largest absolute Gasteiger partial charge is 0.495 e. The Morgan fingerprint density at radius 1 is 1.06 bits per heavy atom. The molecule has 0 spiro atoms. The molecule has 0 radical (unpaired) electrons. The van der Waals surface area contributed by atoms with Gasteiger partial charge in [0.05, 0.1) is 17.5 Å². The maximum atomic E-state index is 13.1. The average molecular weight is 484 g/mol. The summed E-state index contributed by atoms with van der Waals surface area (Å²) in [5.41, 5.74) is 1.50. The SMILES string of the molecule is COc1cccc2c(C)cc(=O)n(C(C)C(=O)Nc3ccc(S(=O)(=O)N4CCCCC4)cc3)c12. The summed E-state index contributed by atoms with van der Waals surface area (Å²) in [6, 6.07) is 12.3. The second-order valence-electron chi connectivity index (χ2n) is 8.55. The second kappa shape index (κ2) is 9.60. The first-order valence-electron chi connectivity index (χ1n) is 11.3. The van der Waals surface area contributed by atoms with E-state index in [4.69, 9.17) is 4.74 Å². The Hall–Kier alpha value is -3.17. The lowest BCUT2D eigenvalue weighted by Crippen LogP contribution is -2.35. The van der Waals surface area contributed by atoms with E-state index in [1.165, 1.54) is 34.2 Å². The molecule has 0 saturated carbocycles. The van der Waals surface area contributed by atoms with Crippen LogP contribution in [0.25, 0.3) is 10.9 Å². The molecule has 8 nitrogen and oxygen atoms in total. The summed E-state index contributed by atoms with van der Waals surface area (Å²) in [6.07, 6.45) is 2.77. The van der Waals surface area contributed by atoms with Crippen LogP contribution in [0.4, 0.5) is 5.69 Å². The minimum atomic E-state index is -3.55. The molecule has 9 heteroatoms. The van der Waals surface area contributed by atoms with E-state index in [1.807, 2.05) is 19.1 Å². The summed E-state index contributed by atoms with van der Waals surface area (Å²) in [6.45, 7) is 4.55. The van der Waals surface area contributed by atoms with Gasteiger partial charge in [-0.15, -0.1) is 0 Å². The molecular formula is C25H29N3O5S. The van der Waals surface area contributed by atoms with Gasteiger partial charge in [-0.3, -0.25) is 14.2 Å². The van der Waals surface area contributed by atoms with Crippen LogP contribution in [-0.4, -0.2) is 43.4 Å². The van der Waals surface area contributed by atoms with Crippen LogP contribution in [-0.2, 0) is 14.8 Å². The molecule has 0 bridgehead atoms. The van der Waals surface area contributed by atoms with Crippen LogP contribution in [0.1, 0.15) is 37.8 Å². The quantitative estimate of drug-likeness (QED) is 0.577. The molecule has 3 aromatic rings. The number of sulfonamides is 1. The van der Waals surface area contributed by atoms with Gasteiger partial charge in [-0.25, -0.2) is 8.42 Å². The number of nitrogens with zero attached hydrogens (tertiary/aromatic N) is 2. The molecular weight excluding hydrogens is 454 g/mol. The first-order chi connectivity index (χ1) is 16.2. The summed E-state index contributed by atoms with van der Waals surface area (Å²) in [5.74, 6) is 0.106. The van der Waals surface area contributed by atoms with Gasteiger partial charge in [-0.2, -0.15) is 4.31 Å². The smallest absolute Gasteiger partial charge is 0.252 e. The fourth-order valence-corrected chi connectivity index (χ4v) is 5.93. The van der Waals surface area contributed by atoms with Gasteiger partial charge in [0.1, 0.15) is 11.8 Å². The number of aromatic nitrogens is 1. The van der Waals surface area contributed by atoms with Crippen molar-refractivity contribution in [3.63, 3.8) is 0 Å². The van der Waals surface area contributed by atoms with Crippen molar-refractivity contribution in [3.8, 4) is 5.75 Å². The van der Waals surface area contributed by atoms with E-state index in [0.717, 1.165) is 30.2 Å². The van der Waals surface area contributed by atoms with Crippen molar-refractivity contribution in [2.75, 3.05) is 25.5 Å². The van der Waals surface area contributed by atoms with Gasteiger partial charge < -0.3 is 10.1 Å². The number of hydrogen-bond donors (Lipinski definition) is 1. The molecule has 1 fully saturated rings. The zero-order valence-electron chi connectivity index (χ0n) is 19.6. The van der Waals surface area contributed by atoms with Crippen LogP contribution in [0.5, 0.6) is 5.75 Å². The predicted molar refractivity (Wildman–Crippen MR) is 132 cm³/mol. The van der Waals surface area contributed by atoms with Gasteiger partial charge in [-0.1, -0.05) is 18.6 Å². The van der Waals surface area contributed by atoms with Gasteiger partial charge in [0, 0.05) is 30.2 Å². The third-order valence-corrected chi connectivity index (χ3v) is 8.22. The maximum absolute atomic E-state index is 13.1. The highest BCUT2D eigenvalue weighted by Crippen LogP contribution is 2.29. The number of hydrogen-bond acceptors (Lipinski definition) is 5. The lowest BCUT2D eigenvalue weighted by molar-refractivity contribution is -0.118. The molecule has 34 heavy (non-hydrogen) atoms. The monoisotopic (exact) mass is 483 g/mol. The molecule has 1 saturated heterocycles. The molecule has 1 aliphatic rings. The molecule has 1 N–H and O–H groups in total.